The second kappa shape index (κ2) is 14.4. The number of benzene rings is 3. The first-order valence-corrected chi connectivity index (χ1v) is 15.3. The Morgan fingerprint density at radius 3 is 2.22 bits per heavy atom. The minimum Gasteiger partial charge on any atom is -0.495 e. The van der Waals surface area contributed by atoms with Crippen molar-refractivity contribution in [3.05, 3.63) is 88.9 Å². The van der Waals surface area contributed by atoms with Crippen LogP contribution in [0.2, 0.25) is 5.02 Å². The molecule has 220 valence electrons. The van der Waals surface area contributed by atoms with Gasteiger partial charge in [-0.25, -0.2) is 8.42 Å². The van der Waals surface area contributed by atoms with Crippen molar-refractivity contribution in [2.75, 3.05) is 24.5 Å². The van der Waals surface area contributed by atoms with E-state index in [4.69, 9.17) is 16.3 Å². The fourth-order valence-electron chi connectivity index (χ4n) is 4.29. The molecule has 2 amide bonds. The Hall–Kier alpha value is -3.56. The Morgan fingerprint density at radius 2 is 1.66 bits per heavy atom. The molecule has 0 heterocycles. The highest BCUT2D eigenvalue weighted by Gasteiger charge is 2.34. The number of rotatable bonds is 13. The van der Waals surface area contributed by atoms with Gasteiger partial charge in [-0.2, -0.15) is 0 Å². The fourth-order valence-corrected chi connectivity index (χ4v) is 5.97. The summed E-state index contributed by atoms with van der Waals surface area (Å²) in [6.07, 6.45) is 0.349. The molecule has 1 unspecified atom stereocenters. The minimum atomic E-state index is -4.19. The lowest BCUT2D eigenvalue weighted by Gasteiger charge is -2.33. The van der Waals surface area contributed by atoms with Gasteiger partial charge in [0.2, 0.25) is 11.8 Å². The highest BCUT2D eigenvalue weighted by Crippen LogP contribution is 2.32. The number of halogens is 1. The van der Waals surface area contributed by atoms with Crippen molar-refractivity contribution < 1.29 is 22.7 Å². The molecule has 3 rings (SSSR count). The van der Waals surface area contributed by atoms with E-state index in [0.717, 1.165) is 15.4 Å². The topological polar surface area (TPSA) is 96.0 Å². The SMILES string of the molecule is CCC(C(=O)NCC(C)C)N(Cc1ccc(C)cc1)C(=O)CN(c1ccc(OC)c(Cl)c1)S(=O)(=O)c1ccccc1. The van der Waals surface area contributed by atoms with Crippen LogP contribution in [0.5, 0.6) is 5.75 Å². The van der Waals surface area contributed by atoms with E-state index in [9.17, 15) is 18.0 Å². The molecule has 3 aromatic rings. The zero-order valence-corrected chi connectivity index (χ0v) is 25.7. The molecule has 0 aliphatic carbocycles. The van der Waals surface area contributed by atoms with E-state index in [0.29, 0.717) is 18.7 Å². The van der Waals surface area contributed by atoms with E-state index in [2.05, 4.69) is 5.32 Å². The van der Waals surface area contributed by atoms with E-state index < -0.39 is 28.5 Å². The zero-order valence-electron chi connectivity index (χ0n) is 24.1. The molecular formula is C31H38ClN3O5S. The van der Waals surface area contributed by atoms with Gasteiger partial charge in [-0.1, -0.05) is 80.4 Å². The highest BCUT2D eigenvalue weighted by atomic mass is 35.5. The van der Waals surface area contributed by atoms with Gasteiger partial charge in [0.05, 0.1) is 22.7 Å². The van der Waals surface area contributed by atoms with Gasteiger partial charge in [0, 0.05) is 13.1 Å². The molecule has 1 atom stereocenters. The summed E-state index contributed by atoms with van der Waals surface area (Å²) in [5, 5.41) is 3.12. The number of aryl methyl sites for hydroxylation is 1. The summed E-state index contributed by atoms with van der Waals surface area (Å²) in [6, 6.07) is 19.3. The maximum atomic E-state index is 14.1. The quantitative estimate of drug-likeness (QED) is 0.283. The summed E-state index contributed by atoms with van der Waals surface area (Å²) in [5.41, 5.74) is 2.08. The molecule has 0 aromatic heterocycles. The van der Waals surface area contributed by atoms with E-state index in [1.54, 1.807) is 24.3 Å². The molecule has 0 saturated carbocycles. The van der Waals surface area contributed by atoms with Gasteiger partial charge in [-0.3, -0.25) is 13.9 Å². The summed E-state index contributed by atoms with van der Waals surface area (Å²) in [5.74, 6) is -0.216. The number of nitrogens with zero attached hydrogens (tertiary/aromatic N) is 2. The van der Waals surface area contributed by atoms with Gasteiger partial charge in [0.25, 0.3) is 10.0 Å². The second-order valence-corrected chi connectivity index (χ2v) is 12.5. The van der Waals surface area contributed by atoms with Crippen LogP contribution in [-0.4, -0.2) is 51.4 Å². The molecule has 0 spiro atoms. The van der Waals surface area contributed by atoms with Crippen molar-refractivity contribution in [2.45, 2.75) is 51.6 Å². The Kier molecular flexibility index (Phi) is 11.2. The molecule has 8 nitrogen and oxygen atoms in total. The third kappa shape index (κ3) is 8.24. The van der Waals surface area contributed by atoms with Crippen LogP contribution in [0.1, 0.15) is 38.3 Å². The van der Waals surface area contributed by atoms with Crippen molar-refractivity contribution in [3.8, 4) is 5.75 Å². The Morgan fingerprint density at radius 1 is 1.00 bits per heavy atom. The number of hydrogen-bond donors (Lipinski definition) is 1. The molecule has 1 N–H and O–H groups in total. The van der Waals surface area contributed by atoms with Gasteiger partial charge in [0.1, 0.15) is 18.3 Å². The molecule has 0 bridgehead atoms. The number of carbonyl (C=O) groups is 2. The van der Waals surface area contributed by atoms with Crippen LogP contribution >= 0.6 is 11.6 Å². The molecule has 0 saturated heterocycles. The first-order chi connectivity index (χ1) is 19.5. The molecule has 0 fully saturated rings. The molecule has 3 aromatic carbocycles. The number of hydrogen-bond acceptors (Lipinski definition) is 5. The standard InChI is InChI=1S/C31H38ClN3O5S/c1-6-28(31(37)33-19-22(2)3)34(20-24-14-12-23(4)13-15-24)30(36)21-35(25-16-17-29(40-5)27(32)18-25)41(38,39)26-10-8-7-9-11-26/h7-18,22,28H,6,19-21H2,1-5H3,(H,33,37). The van der Waals surface area contributed by atoms with Gasteiger partial charge in [-0.15, -0.1) is 0 Å². The molecule has 0 aliphatic heterocycles. The van der Waals surface area contributed by atoms with Crippen LogP contribution in [0.15, 0.2) is 77.7 Å². The number of nitrogens with one attached hydrogen (secondary N) is 1. The first kappa shape index (κ1) is 32.0. The lowest BCUT2D eigenvalue weighted by molar-refractivity contribution is -0.140. The average molecular weight is 600 g/mol. The van der Waals surface area contributed by atoms with E-state index in [1.165, 1.54) is 36.3 Å². The van der Waals surface area contributed by atoms with Crippen LogP contribution in [0.4, 0.5) is 5.69 Å². The number of carbonyl (C=O) groups excluding carboxylic acids is 2. The molecule has 41 heavy (non-hydrogen) atoms. The van der Waals surface area contributed by atoms with E-state index in [-0.39, 0.29) is 34.0 Å². The average Bonchev–Trinajstić information content (AvgIpc) is 2.95. The maximum absolute atomic E-state index is 14.1. The van der Waals surface area contributed by atoms with E-state index >= 15 is 0 Å². The van der Waals surface area contributed by atoms with Gasteiger partial charge < -0.3 is 15.0 Å². The number of amides is 2. The normalized spacial score (nSPS) is 12.1. The number of sulfonamides is 1. The minimum absolute atomic E-state index is 0.0199. The Balaban J connectivity index is 2.06. The molecular weight excluding hydrogens is 562 g/mol. The second-order valence-electron chi connectivity index (χ2n) is 10.2. The fraction of sp³-hybridized carbons (Fsp3) is 0.355. The summed E-state index contributed by atoms with van der Waals surface area (Å²) >= 11 is 6.37. The number of anilines is 1. The monoisotopic (exact) mass is 599 g/mol. The Bertz CT molecular complexity index is 1430. The van der Waals surface area contributed by atoms with Gasteiger partial charge in [0.15, 0.2) is 0 Å². The number of ether oxygens (including phenoxy) is 1. The lowest BCUT2D eigenvalue weighted by atomic mass is 10.1. The highest BCUT2D eigenvalue weighted by molar-refractivity contribution is 7.92. The lowest BCUT2D eigenvalue weighted by Crippen LogP contribution is -2.52. The first-order valence-electron chi connectivity index (χ1n) is 13.5. The summed E-state index contributed by atoms with van der Waals surface area (Å²) in [6.45, 7) is 7.82. The molecule has 10 heteroatoms. The van der Waals surface area contributed by atoms with Gasteiger partial charge in [-0.05, 0) is 55.2 Å². The summed E-state index contributed by atoms with van der Waals surface area (Å²) < 4.78 is 34.1. The van der Waals surface area contributed by atoms with Crippen LogP contribution in [0, 0.1) is 12.8 Å². The third-order valence-electron chi connectivity index (χ3n) is 6.58. The molecule has 0 aliphatic rings. The van der Waals surface area contributed by atoms with Crippen LogP contribution in [-0.2, 0) is 26.2 Å². The smallest absolute Gasteiger partial charge is 0.264 e. The number of methoxy groups -OCH3 is 1. The van der Waals surface area contributed by atoms with Crippen molar-refractivity contribution in [3.63, 3.8) is 0 Å². The summed E-state index contributed by atoms with van der Waals surface area (Å²) in [4.78, 5) is 28.9. The van der Waals surface area contributed by atoms with Crippen molar-refractivity contribution >= 4 is 39.1 Å². The predicted octanol–water partition coefficient (Wildman–Crippen LogP) is 5.43. The molecule has 0 radical (unpaired) electrons. The largest absolute Gasteiger partial charge is 0.495 e. The van der Waals surface area contributed by atoms with Crippen LogP contribution in [0.25, 0.3) is 0 Å². The predicted molar refractivity (Wildman–Crippen MR) is 163 cm³/mol. The maximum Gasteiger partial charge on any atom is 0.264 e. The van der Waals surface area contributed by atoms with Crippen molar-refractivity contribution in [1.29, 1.82) is 0 Å². The Labute approximate surface area is 248 Å². The zero-order chi connectivity index (χ0) is 30.2. The van der Waals surface area contributed by atoms with Gasteiger partial charge >= 0.3 is 0 Å². The third-order valence-corrected chi connectivity index (χ3v) is 8.66. The van der Waals surface area contributed by atoms with Crippen molar-refractivity contribution in [2.24, 2.45) is 5.92 Å². The van der Waals surface area contributed by atoms with Crippen LogP contribution in [0.3, 0.4) is 0 Å². The van der Waals surface area contributed by atoms with Crippen LogP contribution < -0.4 is 14.4 Å². The summed E-state index contributed by atoms with van der Waals surface area (Å²) in [7, 11) is -2.73. The van der Waals surface area contributed by atoms with E-state index in [1.807, 2.05) is 52.0 Å². The van der Waals surface area contributed by atoms with Crippen molar-refractivity contribution in [1.82, 2.24) is 10.2 Å².